The third kappa shape index (κ3) is 5.11. The van der Waals surface area contributed by atoms with E-state index in [1.807, 2.05) is 53.4 Å². The molecule has 0 radical (unpaired) electrons. The number of carbonyl (C=O) groups is 1. The first kappa shape index (κ1) is 23.6. The van der Waals surface area contributed by atoms with Gasteiger partial charge in [-0.3, -0.25) is 9.20 Å². The second-order valence-electron chi connectivity index (χ2n) is 8.44. The van der Waals surface area contributed by atoms with Crippen molar-refractivity contribution in [3.05, 3.63) is 107 Å². The molecule has 0 saturated heterocycles. The van der Waals surface area contributed by atoms with Crippen LogP contribution in [-0.4, -0.2) is 41.0 Å². The van der Waals surface area contributed by atoms with Crippen molar-refractivity contribution in [2.45, 2.75) is 13.0 Å². The highest BCUT2D eigenvalue weighted by Gasteiger charge is 2.19. The smallest absolute Gasteiger partial charge is 0.254 e. The van der Waals surface area contributed by atoms with Gasteiger partial charge in [-0.2, -0.15) is 0 Å². The molecule has 0 aliphatic heterocycles. The molecule has 182 valence electrons. The van der Waals surface area contributed by atoms with Gasteiger partial charge in [-0.1, -0.05) is 60.7 Å². The third-order valence-electron chi connectivity index (χ3n) is 6.09. The molecule has 1 amide bonds. The molecule has 5 rings (SSSR count). The fraction of sp³-hybridized carbons (Fsp3) is 0.172. The van der Waals surface area contributed by atoms with Gasteiger partial charge in [-0.15, -0.1) is 11.3 Å². The molecular formula is C29H27N3O3S. The Morgan fingerprint density at radius 1 is 0.944 bits per heavy atom. The van der Waals surface area contributed by atoms with Crippen LogP contribution in [0.4, 0.5) is 0 Å². The Hall–Kier alpha value is -4.10. The number of aromatic nitrogens is 2. The number of benzene rings is 3. The summed E-state index contributed by atoms with van der Waals surface area (Å²) in [7, 11) is 3.17. The molecule has 0 saturated carbocycles. The standard InChI is InChI=1S/C29H27N3O3S/c1-34-25-15-23(16-26(17-25)35-2)28(33)31(18-21-9-5-3-6-10-21)14-13-24-20-36-29-30-27(19-32(24)29)22-11-7-4-8-12-22/h3-12,15-17,19-20H,13-14,18H2,1-2H3. The highest BCUT2D eigenvalue weighted by molar-refractivity contribution is 7.15. The highest BCUT2D eigenvalue weighted by atomic mass is 32.1. The zero-order valence-corrected chi connectivity index (χ0v) is 21.1. The van der Waals surface area contributed by atoms with Crippen molar-refractivity contribution in [3.63, 3.8) is 0 Å². The fourth-order valence-electron chi connectivity index (χ4n) is 4.18. The van der Waals surface area contributed by atoms with Crippen molar-refractivity contribution in [3.8, 4) is 22.8 Å². The van der Waals surface area contributed by atoms with Crippen LogP contribution in [0.15, 0.2) is 90.4 Å². The first-order valence-corrected chi connectivity index (χ1v) is 12.6. The number of hydrogen-bond donors (Lipinski definition) is 0. The van der Waals surface area contributed by atoms with Crippen molar-refractivity contribution in [1.29, 1.82) is 0 Å². The van der Waals surface area contributed by atoms with E-state index in [9.17, 15) is 4.79 Å². The van der Waals surface area contributed by atoms with Crippen molar-refractivity contribution < 1.29 is 14.3 Å². The molecular weight excluding hydrogens is 470 g/mol. The van der Waals surface area contributed by atoms with E-state index in [1.54, 1.807) is 43.8 Å². The summed E-state index contributed by atoms with van der Waals surface area (Å²) in [6.07, 6.45) is 2.77. The Morgan fingerprint density at radius 3 is 2.28 bits per heavy atom. The quantitative estimate of drug-likeness (QED) is 0.252. The molecule has 0 unspecified atom stereocenters. The van der Waals surface area contributed by atoms with Crippen LogP contribution in [0.1, 0.15) is 21.6 Å². The molecule has 0 aliphatic rings. The number of ether oxygens (including phenoxy) is 2. The second-order valence-corrected chi connectivity index (χ2v) is 9.27. The average Bonchev–Trinajstić information content (AvgIpc) is 3.53. The van der Waals surface area contributed by atoms with Crippen LogP contribution >= 0.6 is 11.3 Å². The van der Waals surface area contributed by atoms with Gasteiger partial charge in [0.1, 0.15) is 11.5 Å². The van der Waals surface area contributed by atoms with E-state index in [4.69, 9.17) is 14.5 Å². The molecule has 0 N–H and O–H groups in total. The second kappa shape index (κ2) is 10.7. The fourth-order valence-corrected chi connectivity index (χ4v) is 5.08. The van der Waals surface area contributed by atoms with Gasteiger partial charge in [0.25, 0.3) is 5.91 Å². The minimum Gasteiger partial charge on any atom is -0.497 e. The Balaban J connectivity index is 1.41. The average molecular weight is 498 g/mol. The first-order valence-electron chi connectivity index (χ1n) is 11.7. The Morgan fingerprint density at radius 2 is 1.61 bits per heavy atom. The van der Waals surface area contributed by atoms with Gasteiger partial charge in [-0.25, -0.2) is 4.98 Å². The van der Waals surface area contributed by atoms with Crippen LogP contribution < -0.4 is 9.47 Å². The molecule has 0 spiro atoms. The lowest BCUT2D eigenvalue weighted by Gasteiger charge is -2.23. The van der Waals surface area contributed by atoms with Crippen LogP contribution in [0.2, 0.25) is 0 Å². The molecule has 2 heterocycles. The number of methoxy groups -OCH3 is 2. The van der Waals surface area contributed by atoms with E-state index in [1.165, 1.54) is 0 Å². The van der Waals surface area contributed by atoms with Crippen molar-refractivity contribution in [1.82, 2.24) is 14.3 Å². The van der Waals surface area contributed by atoms with Gasteiger partial charge in [0.15, 0.2) is 4.96 Å². The topological polar surface area (TPSA) is 56.1 Å². The predicted molar refractivity (Wildman–Crippen MR) is 143 cm³/mol. The molecule has 0 atom stereocenters. The van der Waals surface area contributed by atoms with Gasteiger partial charge in [0.2, 0.25) is 0 Å². The summed E-state index contributed by atoms with van der Waals surface area (Å²) in [5.41, 5.74) is 4.77. The molecule has 6 nitrogen and oxygen atoms in total. The largest absolute Gasteiger partial charge is 0.497 e. The van der Waals surface area contributed by atoms with E-state index in [0.717, 1.165) is 27.5 Å². The lowest BCUT2D eigenvalue weighted by molar-refractivity contribution is 0.0744. The van der Waals surface area contributed by atoms with Crippen LogP contribution in [0.3, 0.4) is 0 Å². The zero-order valence-electron chi connectivity index (χ0n) is 20.3. The molecule has 7 heteroatoms. The van der Waals surface area contributed by atoms with E-state index >= 15 is 0 Å². The molecule has 36 heavy (non-hydrogen) atoms. The SMILES string of the molecule is COc1cc(OC)cc(C(=O)N(CCc2csc3nc(-c4ccccc4)cn23)Cc2ccccc2)c1. The summed E-state index contributed by atoms with van der Waals surface area (Å²) >= 11 is 1.62. The Kier molecular flexibility index (Phi) is 7.00. The van der Waals surface area contributed by atoms with Gasteiger partial charge in [0.05, 0.1) is 19.9 Å². The van der Waals surface area contributed by atoms with E-state index < -0.39 is 0 Å². The number of thiazole rings is 1. The maximum Gasteiger partial charge on any atom is 0.254 e. The van der Waals surface area contributed by atoms with Crippen molar-refractivity contribution >= 4 is 22.2 Å². The van der Waals surface area contributed by atoms with Crippen LogP contribution in [0.5, 0.6) is 11.5 Å². The van der Waals surface area contributed by atoms with E-state index in [0.29, 0.717) is 36.6 Å². The molecule has 0 fully saturated rings. The van der Waals surface area contributed by atoms with Gasteiger partial charge in [-0.05, 0) is 17.7 Å². The Labute approximate surface area is 214 Å². The minimum atomic E-state index is -0.0712. The normalized spacial score (nSPS) is 10.9. The molecule has 3 aromatic carbocycles. The summed E-state index contributed by atoms with van der Waals surface area (Å²) in [5.74, 6) is 1.10. The lowest BCUT2D eigenvalue weighted by atomic mass is 10.1. The number of imidazole rings is 1. The number of rotatable bonds is 9. The Bertz CT molecular complexity index is 1440. The molecule has 0 aliphatic carbocycles. The first-order chi connectivity index (χ1) is 17.6. The molecule has 5 aromatic rings. The summed E-state index contributed by atoms with van der Waals surface area (Å²) < 4.78 is 12.9. The van der Waals surface area contributed by atoms with Gasteiger partial charge < -0.3 is 14.4 Å². The van der Waals surface area contributed by atoms with Crippen molar-refractivity contribution in [2.24, 2.45) is 0 Å². The van der Waals surface area contributed by atoms with Gasteiger partial charge in [0, 0.05) is 54.0 Å². The number of carbonyl (C=O) groups excluding carboxylic acids is 1. The van der Waals surface area contributed by atoms with Crippen LogP contribution in [0, 0.1) is 0 Å². The summed E-state index contributed by atoms with van der Waals surface area (Å²) in [4.78, 5) is 21.3. The summed E-state index contributed by atoms with van der Waals surface area (Å²) in [6.45, 7) is 1.06. The third-order valence-corrected chi connectivity index (χ3v) is 6.98. The van der Waals surface area contributed by atoms with Crippen LogP contribution in [-0.2, 0) is 13.0 Å². The number of hydrogen-bond acceptors (Lipinski definition) is 5. The number of fused-ring (bicyclic) bond motifs is 1. The maximum absolute atomic E-state index is 13.7. The highest BCUT2D eigenvalue weighted by Crippen LogP contribution is 2.26. The number of nitrogens with zero attached hydrogens (tertiary/aromatic N) is 3. The summed E-state index contributed by atoms with van der Waals surface area (Å²) in [5, 5.41) is 2.12. The zero-order chi connectivity index (χ0) is 24.9. The minimum absolute atomic E-state index is 0.0712. The molecule has 2 aromatic heterocycles. The molecule has 0 bridgehead atoms. The van der Waals surface area contributed by atoms with Crippen molar-refractivity contribution in [2.75, 3.05) is 20.8 Å². The summed E-state index contributed by atoms with van der Waals surface area (Å²) in [6, 6.07) is 25.5. The van der Waals surface area contributed by atoms with E-state index in [-0.39, 0.29) is 5.91 Å². The number of amides is 1. The predicted octanol–water partition coefficient (Wildman–Crippen LogP) is 5.97. The van der Waals surface area contributed by atoms with E-state index in [2.05, 4.69) is 28.1 Å². The van der Waals surface area contributed by atoms with Crippen LogP contribution in [0.25, 0.3) is 16.2 Å². The monoisotopic (exact) mass is 497 g/mol. The maximum atomic E-state index is 13.7. The lowest BCUT2D eigenvalue weighted by Crippen LogP contribution is -2.32. The van der Waals surface area contributed by atoms with Gasteiger partial charge >= 0.3 is 0 Å².